The Balaban J connectivity index is 1.87. The highest BCUT2D eigenvalue weighted by atomic mass is 19.4. The average molecular weight is 380 g/mol. The van der Waals surface area contributed by atoms with Gasteiger partial charge in [0.05, 0.1) is 16.7 Å². The lowest BCUT2D eigenvalue weighted by Crippen LogP contribution is -2.35. The molecule has 3 nitrogen and oxygen atoms in total. The number of carbonyl (C=O) groups excluding carboxylic acids is 1. The number of hydrogen-bond acceptors (Lipinski definition) is 2. The summed E-state index contributed by atoms with van der Waals surface area (Å²) in [5, 5.41) is 5.69. The zero-order valence-corrected chi connectivity index (χ0v) is 15.0. The van der Waals surface area contributed by atoms with Crippen molar-refractivity contribution < 1.29 is 22.4 Å². The zero-order valence-electron chi connectivity index (χ0n) is 15.0. The van der Waals surface area contributed by atoms with Crippen molar-refractivity contribution in [2.45, 2.75) is 38.4 Å². The Morgan fingerprint density at radius 1 is 1.11 bits per heavy atom. The molecule has 27 heavy (non-hydrogen) atoms. The standard InChI is InChI=1S/C20H20F4N2O/c1-19(2,13-4-3-5-14(10-13)20(22,23)24)18(27)26-16-7-6-12-11-25-9-8-15(12)17(16)21/h3-7,10,25H,8-9,11H2,1-2H3,(H,26,27). The lowest BCUT2D eigenvalue weighted by atomic mass is 9.82. The van der Waals surface area contributed by atoms with Crippen LogP contribution in [0.3, 0.4) is 0 Å². The number of rotatable bonds is 3. The van der Waals surface area contributed by atoms with Crippen LogP contribution < -0.4 is 10.6 Å². The van der Waals surface area contributed by atoms with Crippen molar-refractivity contribution >= 4 is 11.6 Å². The van der Waals surface area contributed by atoms with Crippen LogP contribution in [0.1, 0.15) is 36.1 Å². The van der Waals surface area contributed by atoms with Gasteiger partial charge in [0, 0.05) is 6.54 Å². The molecular formula is C20H20F4N2O. The third-order valence-electron chi connectivity index (χ3n) is 4.93. The van der Waals surface area contributed by atoms with Gasteiger partial charge in [-0.2, -0.15) is 13.2 Å². The molecule has 1 heterocycles. The maximum Gasteiger partial charge on any atom is 0.416 e. The van der Waals surface area contributed by atoms with E-state index in [1.165, 1.54) is 32.0 Å². The first-order chi connectivity index (χ1) is 12.6. The number of carbonyl (C=O) groups is 1. The molecule has 0 aromatic heterocycles. The number of halogens is 4. The fourth-order valence-electron chi connectivity index (χ4n) is 3.12. The third-order valence-corrected chi connectivity index (χ3v) is 4.93. The van der Waals surface area contributed by atoms with Crippen molar-refractivity contribution in [3.8, 4) is 0 Å². The Bertz CT molecular complexity index is 875. The van der Waals surface area contributed by atoms with Gasteiger partial charge in [-0.3, -0.25) is 4.79 Å². The predicted molar refractivity (Wildman–Crippen MR) is 94.9 cm³/mol. The molecule has 2 aromatic carbocycles. The monoisotopic (exact) mass is 380 g/mol. The summed E-state index contributed by atoms with van der Waals surface area (Å²) in [7, 11) is 0. The molecule has 0 radical (unpaired) electrons. The van der Waals surface area contributed by atoms with Crippen molar-refractivity contribution in [2.75, 3.05) is 11.9 Å². The van der Waals surface area contributed by atoms with Crippen LogP contribution >= 0.6 is 0 Å². The van der Waals surface area contributed by atoms with E-state index in [-0.39, 0.29) is 11.3 Å². The number of hydrogen-bond donors (Lipinski definition) is 2. The quantitative estimate of drug-likeness (QED) is 0.775. The molecule has 0 bridgehead atoms. The van der Waals surface area contributed by atoms with E-state index in [9.17, 15) is 22.4 Å². The van der Waals surface area contributed by atoms with Crippen LogP contribution in [-0.2, 0) is 29.4 Å². The molecule has 2 aromatic rings. The third kappa shape index (κ3) is 3.83. The molecule has 0 spiro atoms. The molecule has 0 saturated carbocycles. The summed E-state index contributed by atoms with van der Waals surface area (Å²) in [5.74, 6) is -1.06. The SMILES string of the molecule is CC(C)(C(=O)Nc1ccc2c(c1F)CCNC2)c1cccc(C(F)(F)F)c1. The van der Waals surface area contributed by atoms with Crippen LogP contribution in [0.2, 0.25) is 0 Å². The minimum absolute atomic E-state index is 0.0423. The van der Waals surface area contributed by atoms with Crippen LogP contribution in [-0.4, -0.2) is 12.5 Å². The normalized spacial score (nSPS) is 14.6. The van der Waals surface area contributed by atoms with Gasteiger partial charge < -0.3 is 10.6 Å². The Morgan fingerprint density at radius 2 is 1.81 bits per heavy atom. The van der Waals surface area contributed by atoms with Crippen LogP contribution in [0.5, 0.6) is 0 Å². The van der Waals surface area contributed by atoms with E-state index in [1.807, 2.05) is 0 Å². The second kappa shape index (κ2) is 6.96. The predicted octanol–water partition coefficient (Wildman–Crippen LogP) is 4.41. The number of nitrogens with one attached hydrogen (secondary N) is 2. The average Bonchev–Trinajstić information content (AvgIpc) is 2.63. The van der Waals surface area contributed by atoms with E-state index in [0.717, 1.165) is 17.7 Å². The molecule has 1 amide bonds. The van der Waals surface area contributed by atoms with Gasteiger partial charge in [0.2, 0.25) is 5.91 Å². The second-order valence-electron chi connectivity index (χ2n) is 7.15. The molecule has 0 saturated heterocycles. The lowest BCUT2D eigenvalue weighted by molar-refractivity contribution is -0.137. The van der Waals surface area contributed by atoms with Gasteiger partial charge >= 0.3 is 6.18 Å². The number of alkyl halides is 3. The summed E-state index contributed by atoms with van der Waals surface area (Å²) >= 11 is 0. The number of amides is 1. The maximum atomic E-state index is 14.7. The van der Waals surface area contributed by atoms with E-state index in [1.54, 1.807) is 6.07 Å². The van der Waals surface area contributed by atoms with Gasteiger partial charge in [-0.1, -0.05) is 24.3 Å². The molecule has 3 rings (SSSR count). The van der Waals surface area contributed by atoms with E-state index in [4.69, 9.17) is 0 Å². The summed E-state index contributed by atoms with van der Waals surface area (Å²) in [6, 6.07) is 7.87. The number of benzene rings is 2. The molecule has 0 fully saturated rings. The number of fused-ring (bicyclic) bond motifs is 1. The van der Waals surface area contributed by atoms with Crippen LogP contribution in [0.25, 0.3) is 0 Å². The molecule has 7 heteroatoms. The van der Waals surface area contributed by atoms with E-state index >= 15 is 0 Å². The smallest absolute Gasteiger partial charge is 0.323 e. The summed E-state index contributed by atoms with van der Waals surface area (Å²) in [5.41, 5.74) is -0.450. The molecule has 0 aliphatic carbocycles. The highest BCUT2D eigenvalue weighted by Crippen LogP contribution is 2.34. The molecule has 1 aliphatic rings. The maximum absolute atomic E-state index is 14.7. The van der Waals surface area contributed by atoms with Crippen LogP contribution in [0.4, 0.5) is 23.2 Å². The highest BCUT2D eigenvalue weighted by Gasteiger charge is 2.35. The molecule has 0 atom stereocenters. The molecule has 0 unspecified atom stereocenters. The highest BCUT2D eigenvalue weighted by molar-refractivity contribution is 5.98. The van der Waals surface area contributed by atoms with Gasteiger partial charge in [0.25, 0.3) is 0 Å². The van der Waals surface area contributed by atoms with Gasteiger partial charge in [0.1, 0.15) is 5.82 Å². The van der Waals surface area contributed by atoms with E-state index in [2.05, 4.69) is 10.6 Å². The van der Waals surface area contributed by atoms with Crippen LogP contribution in [0.15, 0.2) is 36.4 Å². The van der Waals surface area contributed by atoms with Crippen molar-refractivity contribution in [2.24, 2.45) is 0 Å². The Labute approximate surface area is 154 Å². The minimum atomic E-state index is -4.50. The summed E-state index contributed by atoms with van der Waals surface area (Å²) in [6.45, 7) is 4.24. The molecule has 144 valence electrons. The van der Waals surface area contributed by atoms with Crippen molar-refractivity contribution in [3.05, 3.63) is 64.5 Å². The summed E-state index contributed by atoms with van der Waals surface area (Å²) in [4.78, 5) is 12.7. The molecule has 1 aliphatic heterocycles. The molecule has 2 N–H and O–H groups in total. The van der Waals surface area contributed by atoms with Gasteiger partial charge in [-0.05, 0) is 55.6 Å². The van der Waals surface area contributed by atoms with Gasteiger partial charge in [0.15, 0.2) is 0 Å². The minimum Gasteiger partial charge on any atom is -0.323 e. The zero-order chi connectivity index (χ0) is 19.8. The van der Waals surface area contributed by atoms with Crippen LogP contribution in [0, 0.1) is 5.82 Å². The first kappa shape index (κ1) is 19.4. The van der Waals surface area contributed by atoms with E-state index < -0.39 is 28.9 Å². The first-order valence-corrected chi connectivity index (χ1v) is 8.61. The fraction of sp³-hybridized carbons (Fsp3) is 0.350. The van der Waals surface area contributed by atoms with E-state index in [0.29, 0.717) is 25.1 Å². The van der Waals surface area contributed by atoms with Crippen molar-refractivity contribution in [1.29, 1.82) is 0 Å². The number of anilines is 1. The largest absolute Gasteiger partial charge is 0.416 e. The summed E-state index contributed by atoms with van der Waals surface area (Å²) < 4.78 is 53.6. The van der Waals surface area contributed by atoms with Gasteiger partial charge in [-0.25, -0.2) is 4.39 Å². The Kier molecular flexibility index (Phi) is 4.99. The topological polar surface area (TPSA) is 41.1 Å². The molecular weight excluding hydrogens is 360 g/mol. The second-order valence-corrected chi connectivity index (χ2v) is 7.15. The summed E-state index contributed by atoms with van der Waals surface area (Å²) in [6.07, 6.45) is -3.98. The lowest BCUT2D eigenvalue weighted by Gasteiger charge is -2.26. The van der Waals surface area contributed by atoms with Gasteiger partial charge in [-0.15, -0.1) is 0 Å². The fourth-order valence-corrected chi connectivity index (χ4v) is 3.12. The Hall–Kier alpha value is -2.41. The Morgan fingerprint density at radius 3 is 2.52 bits per heavy atom. The van der Waals surface area contributed by atoms with Crippen molar-refractivity contribution in [3.63, 3.8) is 0 Å². The van der Waals surface area contributed by atoms with Crippen molar-refractivity contribution in [1.82, 2.24) is 5.32 Å². The first-order valence-electron chi connectivity index (χ1n) is 8.61.